The number of para-hydroxylation sites is 1. The Hall–Kier alpha value is -2.61. The van der Waals surface area contributed by atoms with Gasteiger partial charge in [-0.15, -0.1) is 5.10 Å². The van der Waals surface area contributed by atoms with Gasteiger partial charge in [-0.25, -0.2) is 0 Å². The van der Waals surface area contributed by atoms with Crippen molar-refractivity contribution in [2.24, 2.45) is 5.73 Å². The molecule has 1 aromatic carbocycles. The molecule has 8 nitrogen and oxygen atoms in total. The molecule has 0 fully saturated rings. The Labute approximate surface area is 134 Å². The number of carbonyl (C=O) groups excluding carboxylic acids is 1. The molecule has 2 heterocycles. The molecule has 0 bridgehead atoms. The van der Waals surface area contributed by atoms with Crippen LogP contribution in [0.4, 0.5) is 11.4 Å². The third-order valence-corrected chi connectivity index (χ3v) is 3.68. The SMILES string of the molecule is CN1CCOc2cccc(NC(=O)c3cn(CCCN)nn3)c21. The van der Waals surface area contributed by atoms with Crippen LogP contribution in [0.3, 0.4) is 0 Å². The molecule has 1 aliphatic heterocycles. The van der Waals surface area contributed by atoms with E-state index in [9.17, 15) is 4.79 Å². The number of aryl methyl sites for hydroxylation is 1. The van der Waals surface area contributed by atoms with Crippen molar-refractivity contribution in [2.75, 3.05) is 37.0 Å². The molecule has 2 aromatic rings. The molecular weight excluding hydrogens is 296 g/mol. The smallest absolute Gasteiger partial charge is 0.277 e. The molecule has 0 saturated heterocycles. The molecule has 122 valence electrons. The monoisotopic (exact) mass is 316 g/mol. The zero-order valence-corrected chi connectivity index (χ0v) is 13.0. The Morgan fingerprint density at radius 1 is 1.48 bits per heavy atom. The average Bonchev–Trinajstić information content (AvgIpc) is 3.02. The molecule has 0 aliphatic carbocycles. The number of hydrogen-bond donors (Lipinski definition) is 2. The molecule has 1 aromatic heterocycles. The lowest BCUT2D eigenvalue weighted by Crippen LogP contribution is -2.30. The number of ether oxygens (including phenoxy) is 1. The first kappa shape index (κ1) is 15.3. The minimum Gasteiger partial charge on any atom is -0.489 e. The van der Waals surface area contributed by atoms with Gasteiger partial charge in [0.15, 0.2) is 5.69 Å². The molecule has 0 atom stereocenters. The maximum absolute atomic E-state index is 12.4. The van der Waals surface area contributed by atoms with Crippen molar-refractivity contribution in [2.45, 2.75) is 13.0 Å². The Kier molecular flexibility index (Phi) is 4.42. The largest absolute Gasteiger partial charge is 0.489 e. The molecular formula is C15H20N6O2. The molecule has 23 heavy (non-hydrogen) atoms. The number of anilines is 2. The summed E-state index contributed by atoms with van der Waals surface area (Å²) in [4.78, 5) is 14.4. The van der Waals surface area contributed by atoms with Crippen LogP contribution < -0.4 is 20.7 Å². The Balaban J connectivity index is 1.77. The number of rotatable bonds is 5. The number of hydrogen-bond acceptors (Lipinski definition) is 6. The van der Waals surface area contributed by atoms with E-state index in [0.717, 1.165) is 24.4 Å². The number of nitrogens with zero attached hydrogens (tertiary/aromatic N) is 4. The fourth-order valence-electron chi connectivity index (χ4n) is 2.49. The minimum atomic E-state index is -0.295. The van der Waals surface area contributed by atoms with Gasteiger partial charge in [0, 0.05) is 13.6 Å². The van der Waals surface area contributed by atoms with Crippen molar-refractivity contribution in [3.8, 4) is 5.75 Å². The van der Waals surface area contributed by atoms with Crippen LogP contribution in [-0.4, -0.2) is 47.6 Å². The maximum atomic E-state index is 12.4. The summed E-state index contributed by atoms with van der Waals surface area (Å²) in [6, 6.07) is 5.59. The molecule has 3 N–H and O–H groups in total. The number of carbonyl (C=O) groups is 1. The molecule has 0 saturated carbocycles. The van der Waals surface area contributed by atoms with Crippen molar-refractivity contribution < 1.29 is 9.53 Å². The van der Waals surface area contributed by atoms with Gasteiger partial charge >= 0.3 is 0 Å². The normalized spacial score (nSPS) is 13.4. The molecule has 1 aliphatic rings. The first-order valence-corrected chi connectivity index (χ1v) is 7.57. The average molecular weight is 316 g/mol. The van der Waals surface area contributed by atoms with Crippen molar-refractivity contribution in [3.63, 3.8) is 0 Å². The maximum Gasteiger partial charge on any atom is 0.277 e. The summed E-state index contributed by atoms with van der Waals surface area (Å²) in [5.41, 5.74) is 7.32. The van der Waals surface area contributed by atoms with Gasteiger partial charge in [-0.2, -0.15) is 0 Å². The lowest BCUT2D eigenvalue weighted by molar-refractivity contribution is 0.102. The van der Waals surface area contributed by atoms with E-state index < -0.39 is 0 Å². The topological polar surface area (TPSA) is 98.3 Å². The minimum absolute atomic E-state index is 0.277. The zero-order chi connectivity index (χ0) is 16.2. The number of nitrogens with two attached hydrogens (primary N) is 1. The first-order valence-electron chi connectivity index (χ1n) is 7.57. The van der Waals surface area contributed by atoms with Crippen LogP contribution in [0.5, 0.6) is 5.75 Å². The lowest BCUT2D eigenvalue weighted by Gasteiger charge is -2.29. The summed E-state index contributed by atoms with van der Waals surface area (Å²) in [5, 5.41) is 10.7. The van der Waals surface area contributed by atoms with E-state index in [1.54, 1.807) is 10.9 Å². The van der Waals surface area contributed by atoms with E-state index in [4.69, 9.17) is 10.5 Å². The van der Waals surface area contributed by atoms with Gasteiger partial charge < -0.3 is 20.7 Å². The van der Waals surface area contributed by atoms with E-state index in [1.807, 2.05) is 25.2 Å². The van der Waals surface area contributed by atoms with E-state index in [-0.39, 0.29) is 11.6 Å². The highest BCUT2D eigenvalue weighted by Crippen LogP contribution is 2.37. The van der Waals surface area contributed by atoms with Gasteiger partial charge in [-0.3, -0.25) is 9.48 Å². The van der Waals surface area contributed by atoms with Crippen LogP contribution in [-0.2, 0) is 6.54 Å². The van der Waals surface area contributed by atoms with Crippen molar-refractivity contribution in [3.05, 3.63) is 30.1 Å². The van der Waals surface area contributed by atoms with Crippen LogP contribution in [0.15, 0.2) is 24.4 Å². The summed E-state index contributed by atoms with van der Waals surface area (Å²) in [5.74, 6) is 0.472. The van der Waals surface area contributed by atoms with E-state index >= 15 is 0 Å². The van der Waals surface area contributed by atoms with Gasteiger partial charge in [0.05, 0.1) is 18.4 Å². The van der Waals surface area contributed by atoms with Crippen molar-refractivity contribution >= 4 is 17.3 Å². The molecule has 3 rings (SSSR count). The zero-order valence-electron chi connectivity index (χ0n) is 13.0. The molecule has 0 spiro atoms. The highest BCUT2D eigenvalue weighted by atomic mass is 16.5. The Bertz CT molecular complexity index is 699. The van der Waals surface area contributed by atoms with Crippen LogP contribution >= 0.6 is 0 Å². The third-order valence-electron chi connectivity index (χ3n) is 3.68. The molecule has 0 radical (unpaired) electrons. The van der Waals surface area contributed by atoms with Crippen molar-refractivity contribution in [1.82, 2.24) is 15.0 Å². The van der Waals surface area contributed by atoms with E-state index in [1.165, 1.54) is 0 Å². The number of fused-ring (bicyclic) bond motifs is 1. The number of amides is 1. The molecule has 0 unspecified atom stereocenters. The Morgan fingerprint density at radius 3 is 3.17 bits per heavy atom. The van der Waals surface area contributed by atoms with E-state index in [2.05, 4.69) is 20.5 Å². The summed E-state index contributed by atoms with van der Waals surface area (Å²) >= 11 is 0. The third kappa shape index (κ3) is 3.26. The Morgan fingerprint density at radius 2 is 2.35 bits per heavy atom. The molecule has 1 amide bonds. The van der Waals surface area contributed by atoms with Crippen molar-refractivity contribution in [1.29, 1.82) is 0 Å². The fourth-order valence-corrected chi connectivity index (χ4v) is 2.49. The highest BCUT2D eigenvalue weighted by molar-refractivity contribution is 6.05. The summed E-state index contributed by atoms with van der Waals surface area (Å²) in [7, 11) is 1.97. The lowest BCUT2D eigenvalue weighted by atomic mass is 10.2. The van der Waals surface area contributed by atoms with Gasteiger partial charge in [0.25, 0.3) is 5.91 Å². The van der Waals surface area contributed by atoms with Gasteiger partial charge in [-0.05, 0) is 25.1 Å². The van der Waals surface area contributed by atoms with Crippen LogP contribution in [0, 0.1) is 0 Å². The second-order valence-electron chi connectivity index (χ2n) is 5.39. The second-order valence-corrected chi connectivity index (χ2v) is 5.39. The van der Waals surface area contributed by atoms with E-state index in [0.29, 0.717) is 25.4 Å². The fraction of sp³-hybridized carbons (Fsp3) is 0.400. The van der Waals surface area contributed by atoms with Crippen LogP contribution in [0.2, 0.25) is 0 Å². The highest BCUT2D eigenvalue weighted by Gasteiger charge is 2.21. The summed E-state index contributed by atoms with van der Waals surface area (Å²) in [6.45, 7) is 2.63. The summed E-state index contributed by atoms with van der Waals surface area (Å²) in [6.07, 6.45) is 2.42. The summed E-state index contributed by atoms with van der Waals surface area (Å²) < 4.78 is 7.26. The van der Waals surface area contributed by atoms with Crippen LogP contribution in [0.1, 0.15) is 16.9 Å². The van der Waals surface area contributed by atoms with Gasteiger partial charge in [-0.1, -0.05) is 11.3 Å². The number of nitrogens with one attached hydrogen (secondary N) is 1. The number of likely N-dealkylation sites (N-methyl/N-ethyl adjacent to an activating group) is 1. The quantitative estimate of drug-likeness (QED) is 0.843. The second kappa shape index (κ2) is 6.66. The molecule has 8 heteroatoms. The van der Waals surface area contributed by atoms with Gasteiger partial charge in [0.2, 0.25) is 0 Å². The standard InChI is InChI=1S/C15H20N6O2/c1-20-8-9-23-13-5-2-4-11(14(13)20)17-15(22)12-10-21(19-18-12)7-3-6-16/h2,4-5,10H,3,6-9,16H2,1H3,(H,17,22). The number of aromatic nitrogens is 3. The number of benzene rings is 1. The first-order chi connectivity index (χ1) is 11.2. The van der Waals surface area contributed by atoms with Crippen LogP contribution in [0.25, 0.3) is 0 Å². The predicted molar refractivity (Wildman–Crippen MR) is 86.9 cm³/mol. The predicted octanol–water partition coefficient (Wildman–Crippen LogP) is 0.708. The van der Waals surface area contributed by atoms with Gasteiger partial charge in [0.1, 0.15) is 18.0 Å².